The Bertz CT molecular complexity index is 142. The van der Waals surface area contributed by atoms with E-state index in [0.29, 0.717) is 0 Å². The molecule has 0 aliphatic rings. The van der Waals surface area contributed by atoms with Crippen molar-refractivity contribution in [3.63, 3.8) is 0 Å². The van der Waals surface area contributed by atoms with Gasteiger partial charge in [0.2, 0.25) is 5.91 Å². The molecule has 0 fully saturated rings. The Hall–Kier alpha value is -1.06. The van der Waals surface area contributed by atoms with Crippen LogP contribution in [0.1, 0.15) is 20.3 Å². The van der Waals surface area contributed by atoms with E-state index in [4.69, 9.17) is 5.11 Å². The van der Waals surface area contributed by atoms with E-state index in [9.17, 15) is 9.59 Å². The topological polar surface area (TPSA) is 66.4 Å². The molecule has 1 amide bonds. The van der Waals surface area contributed by atoms with Crippen molar-refractivity contribution in [1.82, 2.24) is 5.32 Å². The average Bonchev–Trinajstić information content (AvgIpc) is 1.58. The minimum Gasteiger partial charge on any atom is -0.481 e. The Balaban J connectivity index is 3.54. The van der Waals surface area contributed by atoms with Gasteiger partial charge in [0.1, 0.15) is 6.42 Å². The third-order valence-electron chi connectivity index (χ3n) is 0.761. The number of carbonyl (C=O) groups excluding carboxylic acids is 1. The summed E-state index contributed by atoms with van der Waals surface area (Å²) in [5.74, 6) is -1.54. The van der Waals surface area contributed by atoms with Gasteiger partial charge in [-0.05, 0) is 13.8 Å². The van der Waals surface area contributed by atoms with Crippen LogP contribution in [0.3, 0.4) is 0 Å². The van der Waals surface area contributed by atoms with Crippen molar-refractivity contribution in [3.8, 4) is 0 Å². The van der Waals surface area contributed by atoms with E-state index < -0.39 is 18.3 Å². The first-order chi connectivity index (χ1) is 4.52. The van der Waals surface area contributed by atoms with Gasteiger partial charge in [-0.2, -0.15) is 0 Å². The molecule has 4 heteroatoms. The fourth-order valence-corrected chi connectivity index (χ4v) is 0.510. The zero-order valence-corrected chi connectivity index (χ0v) is 6.05. The molecule has 0 aliphatic heterocycles. The quantitative estimate of drug-likeness (QED) is 0.549. The summed E-state index contributed by atoms with van der Waals surface area (Å²) in [5, 5.41) is 10.6. The molecule has 0 radical (unpaired) electrons. The third kappa shape index (κ3) is 5.08. The summed E-state index contributed by atoms with van der Waals surface area (Å²) in [4.78, 5) is 20.5. The van der Waals surface area contributed by atoms with Crippen LogP contribution in [-0.4, -0.2) is 23.0 Å². The highest BCUT2D eigenvalue weighted by Crippen LogP contribution is 1.82. The molecule has 0 unspecified atom stereocenters. The molecule has 2 N–H and O–H groups in total. The summed E-state index contributed by atoms with van der Waals surface area (Å²) >= 11 is 0. The molecule has 0 spiro atoms. The van der Waals surface area contributed by atoms with Crippen molar-refractivity contribution in [2.24, 2.45) is 0 Å². The summed E-state index contributed by atoms with van der Waals surface area (Å²) in [6.07, 6.45) is -0.446. The van der Waals surface area contributed by atoms with Crippen LogP contribution < -0.4 is 5.32 Å². The van der Waals surface area contributed by atoms with Crippen LogP contribution in [0, 0.1) is 0 Å². The molecule has 0 saturated heterocycles. The number of carboxylic acid groups (broad SMARTS) is 1. The molecule has 0 aromatic rings. The van der Waals surface area contributed by atoms with Gasteiger partial charge in [-0.1, -0.05) is 0 Å². The molecule has 0 rings (SSSR count). The van der Waals surface area contributed by atoms with Crippen molar-refractivity contribution >= 4 is 11.9 Å². The number of rotatable bonds is 3. The van der Waals surface area contributed by atoms with Gasteiger partial charge in [0.25, 0.3) is 0 Å². The van der Waals surface area contributed by atoms with E-state index in [2.05, 4.69) is 5.32 Å². The monoisotopic (exact) mass is 145 g/mol. The first kappa shape index (κ1) is 8.94. The van der Waals surface area contributed by atoms with Crippen molar-refractivity contribution in [3.05, 3.63) is 0 Å². The molecule has 0 atom stereocenters. The second-order valence-corrected chi connectivity index (χ2v) is 2.29. The number of nitrogens with one attached hydrogen (secondary N) is 1. The smallest absolute Gasteiger partial charge is 0.312 e. The Morgan fingerprint density at radius 1 is 1.50 bits per heavy atom. The number of carboxylic acids is 1. The first-order valence-corrected chi connectivity index (χ1v) is 3.03. The maximum atomic E-state index is 10.6. The largest absolute Gasteiger partial charge is 0.481 e. The zero-order valence-electron chi connectivity index (χ0n) is 6.05. The lowest BCUT2D eigenvalue weighted by molar-refractivity contribution is -0.140. The van der Waals surface area contributed by atoms with Crippen LogP contribution >= 0.6 is 0 Å². The number of hydrogen-bond acceptors (Lipinski definition) is 2. The van der Waals surface area contributed by atoms with Crippen LogP contribution in [0.25, 0.3) is 0 Å². The van der Waals surface area contributed by atoms with Crippen molar-refractivity contribution in [1.29, 1.82) is 0 Å². The van der Waals surface area contributed by atoms with Gasteiger partial charge >= 0.3 is 5.97 Å². The second-order valence-electron chi connectivity index (χ2n) is 2.29. The number of amides is 1. The molecule has 0 bridgehead atoms. The van der Waals surface area contributed by atoms with Gasteiger partial charge in [0.05, 0.1) is 0 Å². The SMILES string of the molecule is CC(C)NC(=O)CC(=O)O. The van der Waals surface area contributed by atoms with Gasteiger partial charge in [0, 0.05) is 6.04 Å². The zero-order chi connectivity index (χ0) is 8.15. The molecule has 0 aromatic heterocycles. The maximum absolute atomic E-state index is 10.6. The Kier molecular flexibility index (Phi) is 3.46. The number of aliphatic carboxylic acids is 1. The van der Waals surface area contributed by atoms with Gasteiger partial charge in [-0.25, -0.2) is 0 Å². The highest BCUT2D eigenvalue weighted by atomic mass is 16.4. The van der Waals surface area contributed by atoms with E-state index in [1.54, 1.807) is 13.8 Å². The third-order valence-corrected chi connectivity index (χ3v) is 0.761. The van der Waals surface area contributed by atoms with Gasteiger partial charge < -0.3 is 10.4 Å². The molecule has 0 saturated carbocycles. The van der Waals surface area contributed by atoms with Crippen LogP contribution in [-0.2, 0) is 9.59 Å². The van der Waals surface area contributed by atoms with E-state index in [0.717, 1.165) is 0 Å². The first-order valence-electron chi connectivity index (χ1n) is 3.03. The van der Waals surface area contributed by atoms with Crippen molar-refractivity contribution < 1.29 is 14.7 Å². The summed E-state index contributed by atoms with van der Waals surface area (Å²) in [7, 11) is 0. The lowest BCUT2D eigenvalue weighted by Gasteiger charge is -2.05. The van der Waals surface area contributed by atoms with E-state index in [1.165, 1.54) is 0 Å². The van der Waals surface area contributed by atoms with Crippen molar-refractivity contribution in [2.75, 3.05) is 0 Å². The second kappa shape index (κ2) is 3.87. The Labute approximate surface area is 59.2 Å². The number of carbonyl (C=O) groups is 2. The highest BCUT2D eigenvalue weighted by Gasteiger charge is 2.07. The fraction of sp³-hybridized carbons (Fsp3) is 0.667. The molecule has 10 heavy (non-hydrogen) atoms. The predicted octanol–water partition coefficient (Wildman–Crippen LogP) is -0.0143. The molecule has 58 valence electrons. The average molecular weight is 145 g/mol. The molecule has 0 aliphatic carbocycles. The number of hydrogen-bond donors (Lipinski definition) is 2. The lowest BCUT2D eigenvalue weighted by atomic mass is 10.3. The van der Waals surface area contributed by atoms with Crippen LogP contribution in [0.4, 0.5) is 0 Å². The van der Waals surface area contributed by atoms with Crippen molar-refractivity contribution in [2.45, 2.75) is 26.3 Å². The molecule has 4 nitrogen and oxygen atoms in total. The molecular weight excluding hydrogens is 134 g/mol. The highest BCUT2D eigenvalue weighted by molar-refractivity contribution is 5.93. The Morgan fingerprint density at radius 3 is 2.30 bits per heavy atom. The molecule has 0 aromatic carbocycles. The van der Waals surface area contributed by atoms with E-state index in [1.807, 2.05) is 0 Å². The summed E-state index contributed by atoms with van der Waals surface area (Å²) < 4.78 is 0. The Morgan fingerprint density at radius 2 is 2.00 bits per heavy atom. The van der Waals surface area contributed by atoms with Crippen LogP contribution in [0.2, 0.25) is 0 Å². The summed E-state index contributed by atoms with van der Waals surface area (Å²) in [6.45, 7) is 3.56. The van der Waals surface area contributed by atoms with E-state index in [-0.39, 0.29) is 6.04 Å². The van der Waals surface area contributed by atoms with Crippen LogP contribution in [0.15, 0.2) is 0 Å². The fourth-order valence-electron chi connectivity index (χ4n) is 0.510. The van der Waals surface area contributed by atoms with Gasteiger partial charge in [-0.3, -0.25) is 9.59 Å². The lowest BCUT2D eigenvalue weighted by Crippen LogP contribution is -2.31. The minimum absolute atomic E-state index is 0.00634. The predicted molar refractivity (Wildman–Crippen MR) is 35.5 cm³/mol. The summed E-state index contributed by atoms with van der Waals surface area (Å²) in [6, 6.07) is 0.00634. The van der Waals surface area contributed by atoms with Crippen LogP contribution in [0.5, 0.6) is 0 Å². The minimum atomic E-state index is -1.10. The van der Waals surface area contributed by atoms with Gasteiger partial charge in [-0.15, -0.1) is 0 Å². The van der Waals surface area contributed by atoms with E-state index >= 15 is 0 Å². The maximum Gasteiger partial charge on any atom is 0.312 e. The summed E-state index contributed by atoms with van der Waals surface area (Å²) in [5.41, 5.74) is 0. The molecule has 0 heterocycles. The van der Waals surface area contributed by atoms with Gasteiger partial charge in [0.15, 0.2) is 0 Å². The standard InChI is InChI=1S/C6H11NO3/c1-4(2)7-5(8)3-6(9)10/h4H,3H2,1-2H3,(H,7,8)(H,9,10). The molecular formula is C6H11NO3. The normalized spacial score (nSPS) is 9.50.